The van der Waals surface area contributed by atoms with Crippen LogP contribution >= 0.6 is 0 Å². The predicted molar refractivity (Wildman–Crippen MR) is 55.3 cm³/mol. The van der Waals surface area contributed by atoms with Gasteiger partial charge in [-0.2, -0.15) is 0 Å². The molecule has 2 atom stereocenters. The van der Waals surface area contributed by atoms with E-state index in [-0.39, 0.29) is 0 Å². The van der Waals surface area contributed by atoms with Gasteiger partial charge in [-0.15, -0.1) is 0 Å². The standard InChI is InChI=1S/C11H20N2O/c1-8(2)12-4-9(5-12)13-6-10-3-11(7-13)14-10/h8-11H,3-7H2,1-2H3. The van der Waals surface area contributed by atoms with Gasteiger partial charge in [0.05, 0.1) is 12.2 Å². The first-order chi connectivity index (χ1) is 6.72. The molecule has 4 aliphatic rings. The van der Waals surface area contributed by atoms with Gasteiger partial charge in [-0.1, -0.05) is 0 Å². The van der Waals surface area contributed by atoms with Crippen molar-refractivity contribution in [1.29, 1.82) is 0 Å². The first kappa shape index (κ1) is 9.13. The Labute approximate surface area is 86.0 Å². The fourth-order valence-corrected chi connectivity index (χ4v) is 2.83. The molecule has 0 amide bonds. The maximum Gasteiger partial charge on any atom is 0.0731 e. The van der Waals surface area contributed by atoms with E-state index in [1.165, 1.54) is 32.6 Å². The summed E-state index contributed by atoms with van der Waals surface area (Å²) in [6.07, 6.45) is 2.46. The highest BCUT2D eigenvalue weighted by Crippen LogP contribution is 2.31. The molecule has 0 aromatic rings. The molecule has 0 spiro atoms. The van der Waals surface area contributed by atoms with Gasteiger partial charge in [-0.05, 0) is 13.8 Å². The van der Waals surface area contributed by atoms with E-state index in [0.29, 0.717) is 12.2 Å². The van der Waals surface area contributed by atoms with E-state index in [2.05, 4.69) is 23.6 Å². The van der Waals surface area contributed by atoms with Crippen molar-refractivity contribution in [1.82, 2.24) is 9.80 Å². The number of rotatable bonds is 2. The maximum atomic E-state index is 5.64. The number of morpholine rings is 1. The Bertz CT molecular complexity index is 209. The largest absolute Gasteiger partial charge is 0.372 e. The zero-order valence-corrected chi connectivity index (χ0v) is 9.15. The minimum Gasteiger partial charge on any atom is -0.372 e. The van der Waals surface area contributed by atoms with Crippen LogP contribution in [0.15, 0.2) is 0 Å². The SMILES string of the molecule is CC(C)N1CC(N2CC3CC(C2)O3)C1. The van der Waals surface area contributed by atoms with Crippen LogP contribution in [0.25, 0.3) is 0 Å². The Morgan fingerprint density at radius 1 is 1.07 bits per heavy atom. The summed E-state index contributed by atoms with van der Waals surface area (Å²) in [5.41, 5.74) is 0. The van der Waals surface area contributed by atoms with Gasteiger partial charge in [0, 0.05) is 44.7 Å². The summed E-state index contributed by atoms with van der Waals surface area (Å²) in [6.45, 7) is 9.49. The van der Waals surface area contributed by atoms with Gasteiger partial charge in [0.15, 0.2) is 0 Å². The zero-order chi connectivity index (χ0) is 9.71. The Morgan fingerprint density at radius 2 is 1.64 bits per heavy atom. The molecule has 2 unspecified atom stereocenters. The molecule has 0 saturated carbocycles. The minimum atomic E-state index is 0.571. The molecule has 0 aromatic heterocycles. The molecule has 0 N–H and O–H groups in total. The van der Waals surface area contributed by atoms with E-state index in [1.807, 2.05) is 0 Å². The average Bonchev–Trinajstić information content (AvgIpc) is 1.99. The fraction of sp³-hybridized carbons (Fsp3) is 1.00. The highest BCUT2D eigenvalue weighted by atomic mass is 16.5. The van der Waals surface area contributed by atoms with Crippen molar-refractivity contribution >= 4 is 0 Å². The average molecular weight is 196 g/mol. The summed E-state index contributed by atoms with van der Waals surface area (Å²) in [5, 5.41) is 0. The Kier molecular flexibility index (Phi) is 2.08. The van der Waals surface area contributed by atoms with Crippen LogP contribution in [0.1, 0.15) is 20.3 Å². The predicted octanol–water partition coefficient (Wildman–Crippen LogP) is 0.552. The van der Waals surface area contributed by atoms with Crippen LogP contribution in [-0.4, -0.2) is 60.3 Å². The Hall–Kier alpha value is -0.120. The van der Waals surface area contributed by atoms with Crippen LogP contribution < -0.4 is 0 Å². The Balaban J connectivity index is 1.50. The molecular formula is C11H20N2O. The number of piperidine rings is 1. The number of nitrogens with zero attached hydrogens (tertiary/aromatic N) is 2. The molecule has 0 aromatic carbocycles. The van der Waals surface area contributed by atoms with Gasteiger partial charge in [0.2, 0.25) is 0 Å². The molecule has 4 saturated heterocycles. The molecule has 2 bridgehead atoms. The molecule has 4 aliphatic heterocycles. The van der Waals surface area contributed by atoms with E-state index in [0.717, 1.165) is 12.1 Å². The molecule has 4 rings (SSSR count). The molecule has 0 radical (unpaired) electrons. The highest BCUT2D eigenvalue weighted by Gasteiger charge is 2.43. The first-order valence-electron chi connectivity index (χ1n) is 5.86. The number of hydrogen-bond acceptors (Lipinski definition) is 3. The second-order valence-corrected chi connectivity index (χ2v) is 5.27. The summed E-state index contributed by atoms with van der Waals surface area (Å²) in [7, 11) is 0. The van der Waals surface area contributed by atoms with Crippen molar-refractivity contribution in [3.8, 4) is 0 Å². The van der Waals surface area contributed by atoms with E-state index in [9.17, 15) is 0 Å². The summed E-state index contributed by atoms with van der Waals surface area (Å²) < 4.78 is 5.64. The summed E-state index contributed by atoms with van der Waals surface area (Å²) in [5.74, 6) is 0. The van der Waals surface area contributed by atoms with Crippen LogP contribution in [0.2, 0.25) is 0 Å². The van der Waals surface area contributed by atoms with Crippen molar-refractivity contribution in [3.05, 3.63) is 0 Å². The quantitative estimate of drug-likeness (QED) is 0.641. The van der Waals surface area contributed by atoms with E-state index in [1.54, 1.807) is 0 Å². The van der Waals surface area contributed by atoms with Gasteiger partial charge in [-0.25, -0.2) is 0 Å². The second-order valence-electron chi connectivity index (χ2n) is 5.27. The van der Waals surface area contributed by atoms with Gasteiger partial charge < -0.3 is 4.74 Å². The van der Waals surface area contributed by atoms with Gasteiger partial charge in [0.25, 0.3) is 0 Å². The van der Waals surface area contributed by atoms with Crippen LogP contribution in [0, 0.1) is 0 Å². The maximum absolute atomic E-state index is 5.64. The minimum absolute atomic E-state index is 0.571. The van der Waals surface area contributed by atoms with Gasteiger partial charge >= 0.3 is 0 Å². The molecule has 3 heteroatoms. The number of fused-ring (bicyclic) bond motifs is 2. The number of likely N-dealkylation sites (tertiary alicyclic amines) is 1. The van der Waals surface area contributed by atoms with Gasteiger partial charge in [0.1, 0.15) is 0 Å². The summed E-state index contributed by atoms with van der Waals surface area (Å²) in [4.78, 5) is 5.19. The second kappa shape index (κ2) is 3.19. The molecule has 80 valence electrons. The number of ether oxygens (including phenoxy) is 1. The summed E-state index contributed by atoms with van der Waals surface area (Å²) in [6, 6.07) is 1.55. The highest BCUT2D eigenvalue weighted by molar-refractivity contribution is 4.97. The van der Waals surface area contributed by atoms with Crippen LogP contribution in [-0.2, 0) is 4.74 Å². The zero-order valence-electron chi connectivity index (χ0n) is 9.15. The Morgan fingerprint density at radius 3 is 2.14 bits per heavy atom. The lowest BCUT2D eigenvalue weighted by Gasteiger charge is -2.54. The smallest absolute Gasteiger partial charge is 0.0731 e. The van der Waals surface area contributed by atoms with Crippen LogP contribution in [0.5, 0.6) is 0 Å². The normalized spacial score (nSPS) is 39.6. The molecule has 14 heavy (non-hydrogen) atoms. The van der Waals surface area contributed by atoms with E-state index >= 15 is 0 Å². The molecule has 4 heterocycles. The van der Waals surface area contributed by atoms with Crippen molar-refractivity contribution in [3.63, 3.8) is 0 Å². The third-order valence-corrected chi connectivity index (χ3v) is 3.92. The monoisotopic (exact) mass is 196 g/mol. The van der Waals surface area contributed by atoms with Crippen molar-refractivity contribution in [2.75, 3.05) is 26.2 Å². The van der Waals surface area contributed by atoms with Crippen molar-refractivity contribution in [2.45, 2.75) is 44.6 Å². The molecule has 3 nitrogen and oxygen atoms in total. The van der Waals surface area contributed by atoms with E-state index in [4.69, 9.17) is 4.74 Å². The van der Waals surface area contributed by atoms with Crippen LogP contribution in [0.3, 0.4) is 0 Å². The lowest BCUT2D eigenvalue weighted by atomic mass is 9.94. The topological polar surface area (TPSA) is 15.7 Å². The lowest BCUT2D eigenvalue weighted by molar-refractivity contribution is -0.197. The third kappa shape index (κ3) is 1.38. The third-order valence-electron chi connectivity index (χ3n) is 3.92. The van der Waals surface area contributed by atoms with Crippen LogP contribution in [0.4, 0.5) is 0 Å². The molecule has 0 aliphatic carbocycles. The first-order valence-corrected chi connectivity index (χ1v) is 5.86. The van der Waals surface area contributed by atoms with Crippen molar-refractivity contribution < 1.29 is 4.74 Å². The van der Waals surface area contributed by atoms with E-state index < -0.39 is 0 Å². The molecule has 4 fully saturated rings. The summed E-state index contributed by atoms with van der Waals surface area (Å²) >= 11 is 0. The fourth-order valence-electron chi connectivity index (χ4n) is 2.83. The lowest BCUT2D eigenvalue weighted by Crippen LogP contribution is -2.68. The van der Waals surface area contributed by atoms with Gasteiger partial charge in [-0.3, -0.25) is 9.80 Å². The van der Waals surface area contributed by atoms with Crippen molar-refractivity contribution in [2.24, 2.45) is 0 Å². The molecular weight excluding hydrogens is 176 g/mol. The number of hydrogen-bond donors (Lipinski definition) is 0.